The van der Waals surface area contributed by atoms with Crippen LogP contribution in [0.2, 0.25) is 0 Å². The number of ether oxygens (including phenoxy) is 2. The monoisotopic (exact) mass is 391 g/mol. The molecule has 0 saturated carbocycles. The number of nitrogens with one attached hydrogen (secondary N) is 2. The molecule has 2 amide bonds. The van der Waals surface area contributed by atoms with Crippen LogP contribution in [-0.2, 0) is 9.53 Å². The molecule has 0 fully saturated rings. The molecule has 0 radical (unpaired) electrons. The molecule has 0 atom stereocenters. The van der Waals surface area contributed by atoms with Gasteiger partial charge in [-0.25, -0.2) is 9.78 Å². The van der Waals surface area contributed by atoms with Crippen molar-refractivity contribution in [2.24, 2.45) is 0 Å². The van der Waals surface area contributed by atoms with E-state index in [0.717, 1.165) is 0 Å². The summed E-state index contributed by atoms with van der Waals surface area (Å²) in [5.74, 6) is -1.41. The van der Waals surface area contributed by atoms with Gasteiger partial charge in [0.15, 0.2) is 6.61 Å². The predicted octanol–water partition coefficient (Wildman–Crippen LogP) is 2.49. The highest BCUT2D eigenvalue weighted by molar-refractivity contribution is 5.96. The molecule has 2 N–H and O–H groups in total. The van der Waals surface area contributed by atoms with Gasteiger partial charge in [0.2, 0.25) is 5.88 Å². The third-order valence-electron chi connectivity index (χ3n) is 3.63. The molecule has 3 aromatic rings. The molecule has 1 heterocycles. The Balaban J connectivity index is 1.53. The van der Waals surface area contributed by atoms with E-state index in [9.17, 15) is 14.4 Å². The zero-order valence-electron chi connectivity index (χ0n) is 15.2. The molecule has 8 nitrogen and oxygen atoms in total. The Hall–Kier alpha value is -4.20. The molecule has 0 aliphatic carbocycles. The van der Waals surface area contributed by atoms with Gasteiger partial charge in [-0.3, -0.25) is 20.4 Å². The second-order valence-electron chi connectivity index (χ2n) is 5.72. The quantitative estimate of drug-likeness (QED) is 0.494. The number of rotatable bonds is 6. The number of hydrogen-bond acceptors (Lipinski definition) is 6. The van der Waals surface area contributed by atoms with Crippen LogP contribution >= 0.6 is 0 Å². The molecule has 146 valence electrons. The number of pyridine rings is 1. The summed E-state index contributed by atoms with van der Waals surface area (Å²) >= 11 is 0. The van der Waals surface area contributed by atoms with Crippen molar-refractivity contribution in [2.75, 3.05) is 6.61 Å². The fourth-order valence-corrected chi connectivity index (χ4v) is 2.26. The molecule has 0 saturated heterocycles. The van der Waals surface area contributed by atoms with Crippen molar-refractivity contribution in [2.45, 2.75) is 0 Å². The van der Waals surface area contributed by atoms with Gasteiger partial charge < -0.3 is 9.47 Å². The maximum Gasteiger partial charge on any atom is 0.344 e. The SMILES string of the molecule is O=C(COC(=O)c1cccnc1Oc1ccccc1)NNC(=O)c1ccccc1. The van der Waals surface area contributed by atoms with Gasteiger partial charge in [0.25, 0.3) is 11.8 Å². The Bertz CT molecular complexity index is 993. The summed E-state index contributed by atoms with van der Waals surface area (Å²) in [6.07, 6.45) is 1.47. The Morgan fingerprint density at radius 1 is 0.828 bits per heavy atom. The van der Waals surface area contributed by atoms with Crippen molar-refractivity contribution in [3.63, 3.8) is 0 Å². The maximum absolute atomic E-state index is 12.3. The van der Waals surface area contributed by atoms with E-state index in [0.29, 0.717) is 11.3 Å². The number of nitrogens with zero attached hydrogens (tertiary/aromatic N) is 1. The number of carbonyl (C=O) groups excluding carboxylic acids is 3. The van der Waals surface area contributed by atoms with E-state index < -0.39 is 24.4 Å². The summed E-state index contributed by atoms with van der Waals surface area (Å²) in [6.45, 7) is -0.590. The molecule has 29 heavy (non-hydrogen) atoms. The standard InChI is InChI=1S/C21H17N3O5/c25-18(23-24-19(26)15-8-3-1-4-9-15)14-28-21(27)17-12-7-13-22-20(17)29-16-10-5-2-6-11-16/h1-13H,14H2,(H,23,25)(H,24,26). The number of hydrogen-bond donors (Lipinski definition) is 2. The number of carbonyl (C=O) groups is 3. The molecular formula is C21H17N3O5. The summed E-state index contributed by atoms with van der Waals surface area (Å²) in [6, 6.07) is 20.2. The van der Waals surface area contributed by atoms with Gasteiger partial charge in [0.1, 0.15) is 11.3 Å². The highest BCUT2D eigenvalue weighted by atomic mass is 16.5. The first-order valence-corrected chi connectivity index (χ1v) is 8.63. The molecule has 0 bridgehead atoms. The first kappa shape index (κ1) is 19.6. The molecule has 0 spiro atoms. The Morgan fingerprint density at radius 3 is 2.24 bits per heavy atom. The largest absolute Gasteiger partial charge is 0.452 e. The summed E-state index contributed by atoms with van der Waals surface area (Å²) < 4.78 is 10.6. The number of hydrazine groups is 1. The van der Waals surface area contributed by atoms with Gasteiger partial charge in [-0.15, -0.1) is 0 Å². The van der Waals surface area contributed by atoms with Crippen LogP contribution in [0.15, 0.2) is 79.0 Å². The van der Waals surface area contributed by atoms with Crippen LogP contribution in [0.25, 0.3) is 0 Å². The third-order valence-corrected chi connectivity index (χ3v) is 3.63. The molecule has 0 unspecified atom stereocenters. The Kier molecular flexibility index (Phi) is 6.51. The lowest BCUT2D eigenvalue weighted by atomic mass is 10.2. The smallest absolute Gasteiger partial charge is 0.344 e. The van der Waals surface area contributed by atoms with E-state index >= 15 is 0 Å². The van der Waals surface area contributed by atoms with Crippen LogP contribution in [0.5, 0.6) is 11.6 Å². The Labute approximate surface area is 166 Å². The molecular weight excluding hydrogens is 374 g/mol. The highest BCUT2D eigenvalue weighted by Gasteiger charge is 2.17. The van der Waals surface area contributed by atoms with Gasteiger partial charge in [-0.1, -0.05) is 36.4 Å². The minimum absolute atomic E-state index is 0.0569. The third kappa shape index (κ3) is 5.64. The van der Waals surface area contributed by atoms with E-state index in [2.05, 4.69) is 15.8 Å². The van der Waals surface area contributed by atoms with Gasteiger partial charge >= 0.3 is 5.97 Å². The lowest BCUT2D eigenvalue weighted by Crippen LogP contribution is -2.43. The Morgan fingerprint density at radius 2 is 1.52 bits per heavy atom. The van der Waals surface area contributed by atoms with E-state index in [1.807, 2.05) is 6.07 Å². The molecule has 0 aliphatic rings. The van der Waals surface area contributed by atoms with Crippen molar-refractivity contribution >= 4 is 17.8 Å². The molecule has 3 rings (SSSR count). The van der Waals surface area contributed by atoms with E-state index in [1.54, 1.807) is 60.7 Å². The van der Waals surface area contributed by atoms with Gasteiger partial charge in [-0.2, -0.15) is 0 Å². The first-order valence-electron chi connectivity index (χ1n) is 8.63. The summed E-state index contributed by atoms with van der Waals surface area (Å²) in [7, 11) is 0. The number of esters is 1. The fraction of sp³-hybridized carbons (Fsp3) is 0.0476. The van der Waals surface area contributed by atoms with Crippen LogP contribution < -0.4 is 15.6 Å². The fourth-order valence-electron chi connectivity index (χ4n) is 2.26. The van der Waals surface area contributed by atoms with Crippen LogP contribution in [0, 0.1) is 0 Å². The summed E-state index contributed by atoms with van der Waals surface area (Å²) in [4.78, 5) is 40.1. The molecule has 8 heteroatoms. The average molecular weight is 391 g/mol. The lowest BCUT2D eigenvalue weighted by molar-refractivity contribution is -0.125. The van der Waals surface area contributed by atoms with Crippen LogP contribution in [0.3, 0.4) is 0 Å². The lowest BCUT2D eigenvalue weighted by Gasteiger charge is -2.10. The topological polar surface area (TPSA) is 107 Å². The van der Waals surface area contributed by atoms with E-state index in [1.165, 1.54) is 12.3 Å². The van der Waals surface area contributed by atoms with Gasteiger partial charge in [-0.05, 0) is 36.4 Å². The van der Waals surface area contributed by atoms with Gasteiger partial charge in [0.05, 0.1) is 0 Å². The van der Waals surface area contributed by atoms with E-state index in [4.69, 9.17) is 9.47 Å². The zero-order chi connectivity index (χ0) is 20.5. The van der Waals surface area contributed by atoms with Crippen LogP contribution in [0.4, 0.5) is 0 Å². The number of amides is 2. The van der Waals surface area contributed by atoms with Crippen molar-refractivity contribution in [3.8, 4) is 11.6 Å². The molecule has 1 aromatic heterocycles. The normalized spacial score (nSPS) is 9.93. The second-order valence-corrected chi connectivity index (χ2v) is 5.72. The summed E-state index contributed by atoms with van der Waals surface area (Å²) in [5.41, 5.74) is 4.86. The predicted molar refractivity (Wildman–Crippen MR) is 103 cm³/mol. The minimum Gasteiger partial charge on any atom is -0.452 e. The van der Waals surface area contributed by atoms with Crippen LogP contribution in [-0.4, -0.2) is 29.4 Å². The summed E-state index contributed by atoms with van der Waals surface area (Å²) in [5, 5.41) is 0. The van der Waals surface area contributed by atoms with E-state index in [-0.39, 0.29) is 11.4 Å². The molecule has 2 aromatic carbocycles. The number of benzene rings is 2. The van der Waals surface area contributed by atoms with Crippen molar-refractivity contribution in [1.82, 2.24) is 15.8 Å². The number of aromatic nitrogens is 1. The zero-order valence-corrected chi connectivity index (χ0v) is 15.2. The van der Waals surface area contributed by atoms with Crippen molar-refractivity contribution in [3.05, 3.63) is 90.1 Å². The number of para-hydroxylation sites is 1. The van der Waals surface area contributed by atoms with Crippen LogP contribution in [0.1, 0.15) is 20.7 Å². The van der Waals surface area contributed by atoms with Crippen molar-refractivity contribution in [1.29, 1.82) is 0 Å². The van der Waals surface area contributed by atoms with Gasteiger partial charge in [0, 0.05) is 11.8 Å². The minimum atomic E-state index is -0.784. The first-order chi connectivity index (χ1) is 14.1. The average Bonchev–Trinajstić information content (AvgIpc) is 2.77. The molecule has 0 aliphatic heterocycles. The van der Waals surface area contributed by atoms with Crippen molar-refractivity contribution < 1.29 is 23.9 Å². The second kappa shape index (κ2) is 9.65. The highest BCUT2D eigenvalue weighted by Crippen LogP contribution is 2.23. The maximum atomic E-state index is 12.3.